The molecule has 6 heteroatoms. The standard InChI is InChI=1S/C29H37ClN2O3/c1-31-19-9-3-2-4-10-20-32(28(33)21-22-15-17-23(30)18-16-22)25-12-6-8-14-27(25)35-26-13-7-5-11-24(26)29(31)34/h5,7,11,13,15-18,25,27H,2-4,6,8-10,12,14,19-21H2,1H3/t25-,27+/m1/s1. The fourth-order valence-corrected chi connectivity index (χ4v) is 5.43. The number of ether oxygens (including phenoxy) is 1. The molecule has 0 bridgehead atoms. The summed E-state index contributed by atoms with van der Waals surface area (Å²) in [7, 11) is 1.87. The van der Waals surface area contributed by atoms with Gasteiger partial charge in [-0.1, -0.05) is 61.5 Å². The molecule has 1 heterocycles. The molecule has 0 unspecified atom stereocenters. The molecule has 1 aliphatic heterocycles. The van der Waals surface area contributed by atoms with Crippen molar-refractivity contribution in [3.8, 4) is 5.75 Å². The van der Waals surface area contributed by atoms with E-state index in [9.17, 15) is 9.59 Å². The van der Waals surface area contributed by atoms with Crippen LogP contribution in [0.1, 0.15) is 73.7 Å². The van der Waals surface area contributed by atoms with E-state index in [1.54, 1.807) is 0 Å². The van der Waals surface area contributed by atoms with E-state index in [1.165, 1.54) is 0 Å². The molecule has 35 heavy (non-hydrogen) atoms. The van der Waals surface area contributed by atoms with E-state index in [2.05, 4.69) is 4.90 Å². The van der Waals surface area contributed by atoms with E-state index in [4.69, 9.17) is 16.3 Å². The number of halogens is 1. The lowest BCUT2D eigenvalue weighted by atomic mass is 9.90. The normalized spacial score (nSPS) is 22.3. The molecule has 4 rings (SSSR count). The van der Waals surface area contributed by atoms with Crippen LogP contribution in [0.2, 0.25) is 5.02 Å². The van der Waals surface area contributed by atoms with E-state index in [-0.39, 0.29) is 24.0 Å². The predicted octanol–water partition coefficient (Wildman–Crippen LogP) is 6.14. The number of benzene rings is 2. The van der Waals surface area contributed by atoms with Crippen LogP contribution in [-0.2, 0) is 11.2 Å². The maximum absolute atomic E-state index is 13.6. The molecule has 0 radical (unpaired) electrons. The molecular formula is C29H37ClN2O3. The Bertz CT molecular complexity index is 994. The monoisotopic (exact) mass is 496 g/mol. The molecule has 0 aromatic heterocycles. The lowest BCUT2D eigenvalue weighted by molar-refractivity contribution is -0.136. The van der Waals surface area contributed by atoms with Gasteiger partial charge in [-0.15, -0.1) is 0 Å². The molecule has 2 aromatic carbocycles. The van der Waals surface area contributed by atoms with Gasteiger partial charge in [0.15, 0.2) is 0 Å². The predicted molar refractivity (Wildman–Crippen MR) is 140 cm³/mol. The molecule has 1 fully saturated rings. The minimum atomic E-state index is -0.123. The van der Waals surface area contributed by atoms with Crippen molar-refractivity contribution >= 4 is 23.4 Å². The SMILES string of the molecule is CN1CCCCCCCN(C(=O)Cc2ccc(Cl)cc2)[C@@H]2CCCC[C@@H]2Oc2ccccc2C1=O. The summed E-state index contributed by atoms with van der Waals surface area (Å²) in [5.41, 5.74) is 1.58. The van der Waals surface area contributed by atoms with Crippen molar-refractivity contribution in [1.29, 1.82) is 0 Å². The molecule has 1 saturated carbocycles. The number of amides is 2. The second-order valence-corrected chi connectivity index (χ2v) is 10.3. The highest BCUT2D eigenvalue weighted by atomic mass is 35.5. The van der Waals surface area contributed by atoms with Gasteiger partial charge in [0.05, 0.1) is 18.0 Å². The summed E-state index contributed by atoms with van der Waals surface area (Å²) in [4.78, 5) is 30.7. The number of nitrogens with zero attached hydrogens (tertiary/aromatic N) is 2. The van der Waals surface area contributed by atoms with Gasteiger partial charge in [0.1, 0.15) is 11.9 Å². The molecule has 0 saturated heterocycles. The lowest BCUT2D eigenvalue weighted by Gasteiger charge is -2.40. The third-order valence-electron chi connectivity index (χ3n) is 7.29. The van der Waals surface area contributed by atoms with Crippen molar-refractivity contribution in [2.75, 3.05) is 20.1 Å². The Morgan fingerprint density at radius 2 is 1.60 bits per heavy atom. The van der Waals surface area contributed by atoms with Crippen LogP contribution in [0, 0.1) is 0 Å². The Morgan fingerprint density at radius 1 is 0.914 bits per heavy atom. The summed E-state index contributed by atoms with van der Waals surface area (Å²) in [6.45, 7) is 1.49. The van der Waals surface area contributed by atoms with Crippen molar-refractivity contribution in [2.24, 2.45) is 0 Å². The van der Waals surface area contributed by atoms with E-state index in [0.29, 0.717) is 22.8 Å². The van der Waals surface area contributed by atoms with Crippen LogP contribution in [0.4, 0.5) is 0 Å². The highest BCUT2D eigenvalue weighted by Gasteiger charge is 2.35. The van der Waals surface area contributed by atoms with Crippen LogP contribution >= 0.6 is 11.6 Å². The smallest absolute Gasteiger partial charge is 0.257 e. The summed E-state index contributed by atoms with van der Waals surface area (Å²) >= 11 is 6.05. The number of rotatable bonds is 2. The minimum Gasteiger partial charge on any atom is -0.487 e. The Morgan fingerprint density at radius 3 is 2.40 bits per heavy atom. The highest BCUT2D eigenvalue weighted by molar-refractivity contribution is 6.30. The molecular weight excluding hydrogens is 460 g/mol. The lowest BCUT2D eigenvalue weighted by Crippen LogP contribution is -2.51. The maximum atomic E-state index is 13.6. The largest absolute Gasteiger partial charge is 0.487 e. The number of carbonyl (C=O) groups excluding carboxylic acids is 2. The first-order valence-electron chi connectivity index (χ1n) is 13.1. The number of hydrogen-bond acceptors (Lipinski definition) is 3. The quantitative estimate of drug-likeness (QED) is 0.502. The van der Waals surface area contributed by atoms with Crippen molar-refractivity contribution < 1.29 is 14.3 Å². The van der Waals surface area contributed by atoms with Crippen LogP contribution in [0.25, 0.3) is 0 Å². The van der Waals surface area contributed by atoms with Crippen molar-refractivity contribution in [3.63, 3.8) is 0 Å². The van der Waals surface area contributed by atoms with Gasteiger partial charge in [0, 0.05) is 25.2 Å². The summed E-state index contributed by atoms with van der Waals surface area (Å²) in [6.07, 6.45) is 9.44. The average molecular weight is 497 g/mol. The minimum absolute atomic E-state index is 0.00139. The van der Waals surface area contributed by atoms with Crippen molar-refractivity contribution in [3.05, 3.63) is 64.7 Å². The van der Waals surface area contributed by atoms with Gasteiger partial charge < -0.3 is 14.5 Å². The third-order valence-corrected chi connectivity index (χ3v) is 7.54. The maximum Gasteiger partial charge on any atom is 0.257 e. The molecule has 5 nitrogen and oxygen atoms in total. The molecule has 2 aliphatic rings. The number of fused-ring (bicyclic) bond motifs is 2. The van der Waals surface area contributed by atoms with Crippen molar-refractivity contribution in [2.45, 2.75) is 76.4 Å². The van der Waals surface area contributed by atoms with Gasteiger partial charge in [-0.2, -0.15) is 0 Å². The summed E-state index contributed by atoms with van der Waals surface area (Å²) in [5, 5.41) is 0.676. The van der Waals surface area contributed by atoms with Gasteiger partial charge in [0.25, 0.3) is 5.91 Å². The molecule has 2 atom stereocenters. The Hall–Kier alpha value is -2.53. The number of para-hydroxylation sites is 1. The first kappa shape index (κ1) is 25.6. The Labute approximate surface area is 214 Å². The summed E-state index contributed by atoms with van der Waals surface area (Å²) < 4.78 is 6.58. The third kappa shape index (κ3) is 6.78. The fourth-order valence-electron chi connectivity index (χ4n) is 5.30. The number of carbonyl (C=O) groups is 2. The topological polar surface area (TPSA) is 49.9 Å². The first-order chi connectivity index (χ1) is 17.0. The average Bonchev–Trinajstić information content (AvgIpc) is 2.87. The van der Waals surface area contributed by atoms with Gasteiger partial charge >= 0.3 is 0 Å². The van der Waals surface area contributed by atoms with Crippen LogP contribution in [-0.4, -0.2) is 53.9 Å². The van der Waals surface area contributed by atoms with E-state index in [1.807, 2.05) is 60.5 Å². The zero-order valence-electron chi connectivity index (χ0n) is 20.8. The van der Waals surface area contributed by atoms with E-state index in [0.717, 1.165) is 76.4 Å². The molecule has 2 amide bonds. The fraction of sp³-hybridized carbons (Fsp3) is 0.517. The molecule has 0 N–H and O–H groups in total. The molecule has 1 aliphatic carbocycles. The molecule has 2 aromatic rings. The molecule has 188 valence electrons. The molecule has 0 spiro atoms. The van der Waals surface area contributed by atoms with E-state index < -0.39 is 0 Å². The van der Waals surface area contributed by atoms with Gasteiger partial charge in [0.2, 0.25) is 5.91 Å². The van der Waals surface area contributed by atoms with Gasteiger partial charge in [-0.3, -0.25) is 9.59 Å². The van der Waals surface area contributed by atoms with Crippen LogP contribution in [0.15, 0.2) is 48.5 Å². The van der Waals surface area contributed by atoms with Crippen LogP contribution < -0.4 is 4.74 Å². The zero-order chi connectivity index (χ0) is 24.6. The number of hydrogen-bond donors (Lipinski definition) is 0. The van der Waals surface area contributed by atoms with Gasteiger partial charge in [-0.05, 0) is 61.9 Å². The Balaban J connectivity index is 1.61. The zero-order valence-corrected chi connectivity index (χ0v) is 21.5. The summed E-state index contributed by atoms with van der Waals surface area (Å²) in [6, 6.07) is 15.1. The highest BCUT2D eigenvalue weighted by Crippen LogP contribution is 2.31. The summed E-state index contributed by atoms with van der Waals surface area (Å²) in [5.74, 6) is 0.765. The van der Waals surface area contributed by atoms with Crippen LogP contribution in [0.5, 0.6) is 5.75 Å². The Kier molecular flexibility index (Phi) is 9.08. The second kappa shape index (κ2) is 12.4. The second-order valence-electron chi connectivity index (χ2n) is 9.89. The van der Waals surface area contributed by atoms with Crippen LogP contribution in [0.3, 0.4) is 0 Å². The van der Waals surface area contributed by atoms with E-state index >= 15 is 0 Å². The first-order valence-corrected chi connectivity index (χ1v) is 13.5. The van der Waals surface area contributed by atoms with Crippen molar-refractivity contribution in [1.82, 2.24) is 9.80 Å². The van der Waals surface area contributed by atoms with Gasteiger partial charge in [-0.25, -0.2) is 0 Å².